The van der Waals surface area contributed by atoms with Crippen molar-refractivity contribution in [3.63, 3.8) is 0 Å². The molecule has 0 aliphatic carbocycles. The fourth-order valence-electron chi connectivity index (χ4n) is 4.34. The van der Waals surface area contributed by atoms with Crippen molar-refractivity contribution in [3.8, 4) is 0 Å². The van der Waals surface area contributed by atoms with Crippen molar-refractivity contribution in [3.05, 3.63) is 64.0 Å². The van der Waals surface area contributed by atoms with Crippen molar-refractivity contribution in [2.24, 2.45) is 7.05 Å². The van der Waals surface area contributed by atoms with E-state index in [2.05, 4.69) is 62.4 Å². The standard InChI is InChI=1S/C23H30N2O/c1-7-17(8-2)19-11-18(12-20-22(19)25(6)13-24-20)23(26)21-15(4)9-14(3)10-16(21)5/h9-13,17,23,26H,7-8H2,1-6H3. The largest absolute Gasteiger partial charge is 0.384 e. The quantitative estimate of drug-likeness (QED) is 0.661. The lowest BCUT2D eigenvalue weighted by atomic mass is 9.87. The number of benzene rings is 2. The lowest BCUT2D eigenvalue weighted by Gasteiger charge is -2.21. The van der Waals surface area contributed by atoms with Crippen molar-refractivity contribution in [1.82, 2.24) is 9.55 Å². The van der Waals surface area contributed by atoms with Crippen LogP contribution in [0.5, 0.6) is 0 Å². The van der Waals surface area contributed by atoms with Crippen LogP contribution < -0.4 is 0 Å². The summed E-state index contributed by atoms with van der Waals surface area (Å²) < 4.78 is 2.10. The molecule has 1 aromatic heterocycles. The van der Waals surface area contributed by atoms with Gasteiger partial charge in [-0.1, -0.05) is 37.6 Å². The lowest BCUT2D eigenvalue weighted by Crippen LogP contribution is -2.08. The van der Waals surface area contributed by atoms with Gasteiger partial charge < -0.3 is 9.67 Å². The van der Waals surface area contributed by atoms with Crippen LogP contribution in [-0.4, -0.2) is 14.7 Å². The van der Waals surface area contributed by atoms with Gasteiger partial charge in [-0.05, 0) is 73.4 Å². The molecule has 3 nitrogen and oxygen atoms in total. The minimum Gasteiger partial charge on any atom is -0.384 e. The first kappa shape index (κ1) is 18.7. The minimum absolute atomic E-state index is 0.472. The number of aliphatic hydroxyl groups excluding tert-OH is 1. The number of aryl methyl sites for hydroxylation is 4. The summed E-state index contributed by atoms with van der Waals surface area (Å²) in [5, 5.41) is 11.2. The Labute approximate surface area is 156 Å². The fourth-order valence-corrected chi connectivity index (χ4v) is 4.34. The maximum Gasteiger partial charge on any atom is 0.105 e. The first-order valence-corrected chi connectivity index (χ1v) is 9.58. The molecule has 0 bridgehead atoms. The smallest absolute Gasteiger partial charge is 0.105 e. The van der Waals surface area contributed by atoms with Crippen LogP contribution in [0, 0.1) is 20.8 Å². The molecule has 0 saturated heterocycles. The summed E-state index contributed by atoms with van der Waals surface area (Å²) in [7, 11) is 2.05. The molecule has 1 N–H and O–H groups in total. The van der Waals surface area contributed by atoms with Crippen molar-refractivity contribution < 1.29 is 5.11 Å². The number of rotatable bonds is 5. The van der Waals surface area contributed by atoms with Crippen molar-refractivity contribution in [1.29, 1.82) is 0 Å². The summed E-state index contributed by atoms with van der Waals surface area (Å²) in [6, 6.07) is 8.54. The minimum atomic E-state index is -0.630. The van der Waals surface area contributed by atoms with E-state index in [1.807, 2.05) is 19.4 Å². The Hall–Kier alpha value is -2.13. The van der Waals surface area contributed by atoms with E-state index in [4.69, 9.17) is 0 Å². The van der Waals surface area contributed by atoms with E-state index in [1.54, 1.807) is 0 Å². The van der Waals surface area contributed by atoms with Gasteiger partial charge in [-0.15, -0.1) is 0 Å². The monoisotopic (exact) mass is 350 g/mol. The van der Waals surface area contributed by atoms with Gasteiger partial charge in [0.1, 0.15) is 6.10 Å². The van der Waals surface area contributed by atoms with Crippen LogP contribution in [0.2, 0.25) is 0 Å². The molecule has 1 unspecified atom stereocenters. The highest BCUT2D eigenvalue weighted by atomic mass is 16.3. The van der Waals surface area contributed by atoms with Gasteiger partial charge >= 0.3 is 0 Å². The number of aliphatic hydroxyl groups is 1. The normalized spacial score (nSPS) is 12.9. The van der Waals surface area contributed by atoms with Crippen LogP contribution in [0.25, 0.3) is 11.0 Å². The van der Waals surface area contributed by atoms with Gasteiger partial charge in [-0.2, -0.15) is 0 Å². The highest BCUT2D eigenvalue weighted by Gasteiger charge is 2.21. The molecule has 1 atom stereocenters. The van der Waals surface area contributed by atoms with Gasteiger partial charge in [0.2, 0.25) is 0 Å². The molecule has 138 valence electrons. The Morgan fingerprint density at radius 3 is 2.19 bits per heavy atom. The highest BCUT2D eigenvalue weighted by Crippen LogP contribution is 2.35. The van der Waals surface area contributed by atoms with E-state index in [9.17, 15) is 5.11 Å². The molecule has 26 heavy (non-hydrogen) atoms. The second-order valence-electron chi connectivity index (χ2n) is 7.56. The summed E-state index contributed by atoms with van der Waals surface area (Å²) in [4.78, 5) is 4.58. The first-order valence-electron chi connectivity index (χ1n) is 9.58. The maximum absolute atomic E-state index is 11.2. The van der Waals surface area contributed by atoms with Crippen molar-refractivity contribution >= 4 is 11.0 Å². The molecule has 0 amide bonds. The molecule has 0 saturated carbocycles. The Bertz CT molecular complexity index is 912. The molecule has 3 rings (SSSR count). The van der Waals surface area contributed by atoms with E-state index < -0.39 is 6.10 Å². The average Bonchev–Trinajstić information content (AvgIpc) is 2.96. The van der Waals surface area contributed by atoms with E-state index >= 15 is 0 Å². The topological polar surface area (TPSA) is 38.1 Å². The van der Waals surface area contributed by atoms with Crippen LogP contribution in [0.4, 0.5) is 0 Å². The number of aromatic nitrogens is 2. The third kappa shape index (κ3) is 3.16. The van der Waals surface area contributed by atoms with Crippen LogP contribution in [0.15, 0.2) is 30.6 Å². The third-order valence-corrected chi connectivity index (χ3v) is 5.62. The van der Waals surface area contributed by atoms with Crippen LogP contribution in [-0.2, 0) is 7.05 Å². The molecular weight excluding hydrogens is 320 g/mol. The number of nitrogens with zero attached hydrogens (tertiary/aromatic N) is 2. The first-order chi connectivity index (χ1) is 12.4. The summed E-state index contributed by atoms with van der Waals surface area (Å²) in [5.41, 5.74) is 8.91. The molecule has 0 aliphatic heterocycles. The molecule has 3 aromatic rings. The van der Waals surface area contributed by atoms with Gasteiger partial charge in [0.25, 0.3) is 0 Å². The Kier molecular flexibility index (Phi) is 5.19. The second kappa shape index (κ2) is 7.24. The van der Waals surface area contributed by atoms with E-state index in [0.29, 0.717) is 5.92 Å². The second-order valence-corrected chi connectivity index (χ2v) is 7.56. The van der Waals surface area contributed by atoms with Gasteiger partial charge in [0.05, 0.1) is 17.4 Å². The Balaban J connectivity index is 2.20. The van der Waals surface area contributed by atoms with Gasteiger partial charge in [-0.3, -0.25) is 0 Å². The maximum atomic E-state index is 11.2. The van der Waals surface area contributed by atoms with Crippen molar-refractivity contribution in [2.45, 2.75) is 59.5 Å². The zero-order valence-corrected chi connectivity index (χ0v) is 16.8. The van der Waals surface area contributed by atoms with Crippen LogP contribution in [0.3, 0.4) is 0 Å². The van der Waals surface area contributed by atoms with E-state index in [-0.39, 0.29) is 0 Å². The Morgan fingerprint density at radius 1 is 1.00 bits per heavy atom. The summed E-state index contributed by atoms with van der Waals surface area (Å²) in [6.07, 6.45) is 3.41. The molecule has 0 fully saturated rings. The number of fused-ring (bicyclic) bond motifs is 1. The predicted molar refractivity (Wildman–Crippen MR) is 109 cm³/mol. The summed E-state index contributed by atoms with van der Waals surface area (Å²) in [6.45, 7) is 10.7. The number of imidazole rings is 1. The van der Waals surface area contributed by atoms with Gasteiger partial charge in [0, 0.05) is 7.05 Å². The molecule has 0 spiro atoms. The number of hydrogen-bond acceptors (Lipinski definition) is 2. The summed E-state index contributed by atoms with van der Waals surface area (Å²) >= 11 is 0. The predicted octanol–water partition coefficient (Wildman–Crippen LogP) is 5.48. The molecule has 2 aromatic carbocycles. The van der Waals surface area contributed by atoms with E-state index in [0.717, 1.165) is 40.6 Å². The van der Waals surface area contributed by atoms with Crippen molar-refractivity contribution in [2.75, 3.05) is 0 Å². The third-order valence-electron chi connectivity index (χ3n) is 5.62. The zero-order chi connectivity index (χ0) is 19.0. The van der Waals surface area contributed by atoms with Crippen LogP contribution in [0.1, 0.15) is 72.1 Å². The molecule has 1 heterocycles. The number of hydrogen-bond donors (Lipinski definition) is 1. The summed E-state index contributed by atoms with van der Waals surface area (Å²) in [5.74, 6) is 0.472. The van der Waals surface area contributed by atoms with Crippen LogP contribution >= 0.6 is 0 Å². The van der Waals surface area contributed by atoms with E-state index in [1.165, 1.54) is 16.6 Å². The molecular formula is C23H30N2O. The fraction of sp³-hybridized carbons (Fsp3) is 0.435. The highest BCUT2D eigenvalue weighted by molar-refractivity contribution is 5.81. The lowest BCUT2D eigenvalue weighted by molar-refractivity contribution is 0.218. The Morgan fingerprint density at radius 2 is 1.62 bits per heavy atom. The zero-order valence-electron chi connectivity index (χ0n) is 16.8. The van der Waals surface area contributed by atoms with Gasteiger partial charge in [-0.25, -0.2) is 4.98 Å². The molecule has 0 radical (unpaired) electrons. The average molecular weight is 351 g/mol. The SMILES string of the molecule is CCC(CC)c1cc(C(O)c2c(C)cc(C)cc2C)cc2ncn(C)c12. The molecule has 3 heteroatoms. The molecule has 0 aliphatic rings. The van der Waals surface area contributed by atoms with Gasteiger partial charge in [0.15, 0.2) is 0 Å².